The SMILES string of the molecule is O=[N+]([O-])c1cc(CBr)ccc1OCc1ccc(Cl)c(Cl)c1. The van der Waals surface area contributed by atoms with Gasteiger partial charge >= 0.3 is 5.69 Å². The number of nitrogens with zero attached hydrogens (tertiary/aromatic N) is 1. The molecular weight excluding hydrogens is 381 g/mol. The van der Waals surface area contributed by atoms with Gasteiger partial charge in [-0.05, 0) is 29.3 Å². The second-order valence-electron chi connectivity index (χ2n) is 4.23. The lowest BCUT2D eigenvalue weighted by molar-refractivity contribution is -0.386. The zero-order chi connectivity index (χ0) is 15.4. The van der Waals surface area contributed by atoms with Crippen molar-refractivity contribution in [3.05, 3.63) is 67.7 Å². The first-order valence-electron chi connectivity index (χ1n) is 5.91. The van der Waals surface area contributed by atoms with E-state index in [1.165, 1.54) is 6.07 Å². The number of nitro benzene ring substituents is 1. The highest BCUT2D eigenvalue weighted by molar-refractivity contribution is 9.08. The van der Waals surface area contributed by atoms with Crippen LogP contribution in [0.2, 0.25) is 10.0 Å². The van der Waals surface area contributed by atoms with Crippen molar-refractivity contribution < 1.29 is 9.66 Å². The van der Waals surface area contributed by atoms with Crippen LogP contribution in [0.5, 0.6) is 5.75 Å². The van der Waals surface area contributed by atoms with Crippen molar-refractivity contribution in [3.63, 3.8) is 0 Å². The highest BCUT2D eigenvalue weighted by Crippen LogP contribution is 2.30. The summed E-state index contributed by atoms with van der Waals surface area (Å²) in [6.45, 7) is 0.172. The van der Waals surface area contributed by atoms with Gasteiger partial charge < -0.3 is 4.74 Å². The second-order valence-corrected chi connectivity index (χ2v) is 5.61. The van der Waals surface area contributed by atoms with Crippen molar-refractivity contribution in [1.29, 1.82) is 0 Å². The molecule has 0 N–H and O–H groups in total. The molecule has 4 nitrogen and oxygen atoms in total. The molecule has 0 radical (unpaired) electrons. The van der Waals surface area contributed by atoms with Crippen molar-refractivity contribution in [3.8, 4) is 5.75 Å². The fraction of sp³-hybridized carbons (Fsp3) is 0.143. The number of nitro groups is 1. The largest absolute Gasteiger partial charge is 0.482 e. The fourth-order valence-corrected chi connectivity index (χ4v) is 2.37. The molecule has 0 atom stereocenters. The van der Waals surface area contributed by atoms with E-state index in [1.807, 2.05) is 0 Å². The summed E-state index contributed by atoms with van der Waals surface area (Å²) >= 11 is 15.0. The number of hydrogen-bond donors (Lipinski definition) is 0. The quantitative estimate of drug-likeness (QED) is 0.391. The first-order chi connectivity index (χ1) is 10.0. The third-order valence-corrected chi connectivity index (χ3v) is 4.14. The van der Waals surface area contributed by atoms with Gasteiger partial charge in [-0.2, -0.15) is 0 Å². The van der Waals surface area contributed by atoms with Crippen molar-refractivity contribution >= 4 is 44.8 Å². The number of benzene rings is 2. The van der Waals surface area contributed by atoms with Crippen LogP contribution in [0.15, 0.2) is 36.4 Å². The smallest absolute Gasteiger partial charge is 0.311 e. The third-order valence-electron chi connectivity index (χ3n) is 2.75. The van der Waals surface area contributed by atoms with Crippen molar-refractivity contribution in [2.45, 2.75) is 11.9 Å². The molecule has 7 heteroatoms. The zero-order valence-corrected chi connectivity index (χ0v) is 13.8. The number of halogens is 3. The van der Waals surface area contributed by atoms with E-state index in [9.17, 15) is 10.1 Å². The number of hydrogen-bond acceptors (Lipinski definition) is 3. The van der Waals surface area contributed by atoms with E-state index in [0.29, 0.717) is 15.4 Å². The Balaban J connectivity index is 2.19. The summed E-state index contributed by atoms with van der Waals surface area (Å²) in [4.78, 5) is 10.6. The second kappa shape index (κ2) is 7.11. The maximum absolute atomic E-state index is 11.1. The van der Waals surface area contributed by atoms with Crippen LogP contribution in [0.25, 0.3) is 0 Å². The Bertz CT molecular complexity index is 679. The van der Waals surface area contributed by atoms with Crippen LogP contribution in [-0.2, 0) is 11.9 Å². The summed E-state index contributed by atoms with van der Waals surface area (Å²) < 4.78 is 5.52. The van der Waals surface area contributed by atoms with E-state index in [-0.39, 0.29) is 18.0 Å². The number of alkyl halides is 1. The van der Waals surface area contributed by atoms with Gasteiger partial charge in [0, 0.05) is 11.4 Å². The molecule has 21 heavy (non-hydrogen) atoms. The van der Waals surface area contributed by atoms with Gasteiger partial charge in [0.2, 0.25) is 0 Å². The molecule has 0 saturated carbocycles. The van der Waals surface area contributed by atoms with Gasteiger partial charge in [-0.1, -0.05) is 51.3 Å². The first kappa shape index (κ1) is 16.1. The predicted molar refractivity (Wildman–Crippen MR) is 86.5 cm³/mol. The van der Waals surface area contributed by atoms with Gasteiger partial charge in [0.05, 0.1) is 15.0 Å². The van der Waals surface area contributed by atoms with Gasteiger partial charge in [0.25, 0.3) is 0 Å². The van der Waals surface area contributed by atoms with Crippen LogP contribution >= 0.6 is 39.1 Å². The first-order valence-corrected chi connectivity index (χ1v) is 7.79. The summed E-state index contributed by atoms with van der Waals surface area (Å²) in [5, 5.41) is 12.5. The van der Waals surface area contributed by atoms with Crippen LogP contribution in [0.4, 0.5) is 5.69 Å². The summed E-state index contributed by atoms with van der Waals surface area (Å²) in [5.41, 5.74) is 1.53. The summed E-state index contributed by atoms with van der Waals surface area (Å²) in [7, 11) is 0. The third kappa shape index (κ3) is 4.09. The Morgan fingerprint density at radius 2 is 1.81 bits per heavy atom. The summed E-state index contributed by atoms with van der Waals surface area (Å²) in [6.07, 6.45) is 0. The molecule has 0 saturated heterocycles. The molecule has 0 aromatic heterocycles. The molecular formula is C14H10BrCl2NO3. The Morgan fingerprint density at radius 1 is 1.10 bits per heavy atom. The van der Waals surface area contributed by atoms with Gasteiger partial charge in [-0.15, -0.1) is 0 Å². The molecule has 0 heterocycles. The molecule has 0 fully saturated rings. The van der Waals surface area contributed by atoms with E-state index >= 15 is 0 Å². The Hall–Kier alpha value is -1.30. The zero-order valence-electron chi connectivity index (χ0n) is 10.7. The van der Waals surface area contributed by atoms with Crippen LogP contribution in [0, 0.1) is 10.1 Å². The maximum atomic E-state index is 11.1. The van der Waals surface area contributed by atoms with E-state index in [2.05, 4.69) is 15.9 Å². The Kier molecular flexibility index (Phi) is 5.45. The molecule has 2 aromatic rings. The molecule has 0 unspecified atom stereocenters. The average molecular weight is 391 g/mol. The molecule has 0 amide bonds. The lowest BCUT2D eigenvalue weighted by Gasteiger charge is -2.08. The van der Waals surface area contributed by atoms with Gasteiger partial charge in [0.15, 0.2) is 5.75 Å². The van der Waals surface area contributed by atoms with E-state index in [4.69, 9.17) is 27.9 Å². The highest BCUT2D eigenvalue weighted by atomic mass is 79.9. The predicted octanol–water partition coefficient (Wildman–Crippen LogP) is 5.38. The lowest BCUT2D eigenvalue weighted by Crippen LogP contribution is -2.00. The normalized spacial score (nSPS) is 10.4. The molecule has 2 aromatic carbocycles. The fourth-order valence-electron chi connectivity index (χ4n) is 1.70. The minimum atomic E-state index is -0.462. The molecule has 0 spiro atoms. The topological polar surface area (TPSA) is 52.4 Å². The van der Waals surface area contributed by atoms with Gasteiger partial charge in [-0.3, -0.25) is 10.1 Å². The summed E-state index contributed by atoms with van der Waals surface area (Å²) in [5.74, 6) is 0.218. The minimum Gasteiger partial charge on any atom is -0.482 e. The molecule has 0 aliphatic carbocycles. The van der Waals surface area contributed by atoms with Crippen molar-refractivity contribution in [1.82, 2.24) is 0 Å². The molecule has 0 bridgehead atoms. The Morgan fingerprint density at radius 3 is 2.43 bits per heavy atom. The molecule has 0 aliphatic heterocycles. The summed E-state index contributed by atoms with van der Waals surface area (Å²) in [6, 6.07) is 9.93. The monoisotopic (exact) mass is 389 g/mol. The van der Waals surface area contributed by atoms with Crippen LogP contribution in [0.1, 0.15) is 11.1 Å². The van der Waals surface area contributed by atoms with Crippen LogP contribution < -0.4 is 4.74 Å². The van der Waals surface area contributed by atoms with E-state index in [1.54, 1.807) is 30.3 Å². The van der Waals surface area contributed by atoms with Gasteiger partial charge in [0.1, 0.15) is 6.61 Å². The van der Waals surface area contributed by atoms with E-state index < -0.39 is 4.92 Å². The lowest BCUT2D eigenvalue weighted by atomic mass is 10.2. The average Bonchev–Trinajstić information content (AvgIpc) is 2.48. The van der Waals surface area contributed by atoms with Crippen LogP contribution in [0.3, 0.4) is 0 Å². The Labute approximate surface area is 139 Å². The van der Waals surface area contributed by atoms with Crippen molar-refractivity contribution in [2.24, 2.45) is 0 Å². The standard InChI is InChI=1S/C14H10BrCl2NO3/c15-7-9-2-4-14(13(6-9)18(19)20)21-8-10-1-3-11(16)12(17)5-10/h1-6H,7-8H2. The van der Waals surface area contributed by atoms with E-state index in [0.717, 1.165) is 11.1 Å². The molecule has 110 valence electrons. The number of rotatable bonds is 5. The van der Waals surface area contributed by atoms with Crippen LogP contribution in [-0.4, -0.2) is 4.92 Å². The van der Waals surface area contributed by atoms with Gasteiger partial charge in [-0.25, -0.2) is 0 Å². The molecule has 0 aliphatic rings. The number of ether oxygens (including phenoxy) is 1. The minimum absolute atomic E-state index is 0.0630. The highest BCUT2D eigenvalue weighted by Gasteiger charge is 2.16. The maximum Gasteiger partial charge on any atom is 0.311 e. The molecule has 2 rings (SSSR count). The van der Waals surface area contributed by atoms with Crippen molar-refractivity contribution in [2.75, 3.05) is 0 Å².